The van der Waals surface area contributed by atoms with E-state index in [-0.39, 0.29) is 11.8 Å². The van der Waals surface area contributed by atoms with Crippen LogP contribution in [-0.2, 0) is 11.3 Å². The Morgan fingerprint density at radius 2 is 1.59 bits per heavy atom. The smallest absolute Gasteiger partial charge is 0.240 e. The van der Waals surface area contributed by atoms with Gasteiger partial charge in [-0.2, -0.15) is 0 Å². The Hall–Kier alpha value is -3.03. The van der Waals surface area contributed by atoms with Crippen molar-refractivity contribution < 1.29 is 4.79 Å². The molecule has 1 saturated heterocycles. The molecule has 2 aromatic carbocycles. The second-order valence-corrected chi connectivity index (χ2v) is 9.66. The van der Waals surface area contributed by atoms with Gasteiger partial charge in [-0.15, -0.1) is 0 Å². The van der Waals surface area contributed by atoms with Crippen molar-refractivity contribution in [2.24, 2.45) is 11.7 Å². The highest BCUT2D eigenvalue weighted by atomic mass is 16.1. The normalized spacial score (nSPS) is 17.1. The van der Waals surface area contributed by atoms with E-state index in [9.17, 15) is 4.79 Å². The molecule has 0 saturated carbocycles. The van der Waals surface area contributed by atoms with Crippen molar-refractivity contribution in [3.8, 4) is 0 Å². The number of carbonyl (C=O) groups is 1. The minimum absolute atomic E-state index is 0.0565. The molecule has 7 heteroatoms. The standard InChI is InChI=1S/C27H36N6O/c1-19(2)25(26(28)34)31-27-22-11-7-8-12-23(22)29-24(30-27)18-33-15-13-32(14-16-33)17-20(3)21-9-5-4-6-10-21/h4-12,19-20,25H,13-18H2,1-3H3,(H2,28,34)(H,29,30,31)/t20?,25-/m0/s1. The van der Waals surface area contributed by atoms with E-state index in [4.69, 9.17) is 15.7 Å². The second kappa shape index (κ2) is 10.9. The van der Waals surface area contributed by atoms with E-state index >= 15 is 0 Å². The van der Waals surface area contributed by atoms with E-state index in [1.165, 1.54) is 5.56 Å². The number of primary amides is 1. The fraction of sp³-hybridized carbons (Fsp3) is 0.444. The molecule has 3 aromatic rings. The van der Waals surface area contributed by atoms with Crippen LogP contribution >= 0.6 is 0 Å². The fourth-order valence-corrected chi connectivity index (χ4v) is 4.62. The van der Waals surface area contributed by atoms with Crippen molar-refractivity contribution in [1.82, 2.24) is 19.8 Å². The van der Waals surface area contributed by atoms with Gasteiger partial charge in [-0.3, -0.25) is 9.69 Å². The van der Waals surface area contributed by atoms with Crippen molar-refractivity contribution in [2.75, 3.05) is 38.0 Å². The quantitative estimate of drug-likeness (QED) is 0.508. The summed E-state index contributed by atoms with van der Waals surface area (Å²) in [6, 6.07) is 18.1. The van der Waals surface area contributed by atoms with Crippen molar-refractivity contribution in [1.29, 1.82) is 0 Å². The van der Waals surface area contributed by atoms with Crippen LogP contribution in [0.1, 0.15) is 38.1 Å². The van der Waals surface area contributed by atoms with Gasteiger partial charge < -0.3 is 16.0 Å². The van der Waals surface area contributed by atoms with Gasteiger partial charge in [-0.1, -0.05) is 63.2 Å². The molecule has 4 rings (SSSR count). The van der Waals surface area contributed by atoms with Crippen molar-refractivity contribution >= 4 is 22.6 Å². The molecule has 2 heterocycles. The zero-order chi connectivity index (χ0) is 24.1. The van der Waals surface area contributed by atoms with Gasteiger partial charge in [-0.05, 0) is 29.5 Å². The summed E-state index contributed by atoms with van der Waals surface area (Å²) in [7, 11) is 0. The minimum atomic E-state index is -0.485. The number of nitrogens with one attached hydrogen (secondary N) is 1. The lowest BCUT2D eigenvalue weighted by molar-refractivity contribution is -0.119. The number of piperazine rings is 1. The second-order valence-electron chi connectivity index (χ2n) is 9.66. The maximum Gasteiger partial charge on any atom is 0.240 e. The van der Waals surface area contributed by atoms with Crippen LogP contribution in [0.15, 0.2) is 54.6 Å². The number of para-hydroxylation sites is 1. The summed E-state index contributed by atoms with van der Waals surface area (Å²) in [5.74, 6) is 1.64. The molecule has 0 radical (unpaired) electrons. The molecule has 0 bridgehead atoms. The average Bonchev–Trinajstić information content (AvgIpc) is 2.83. The Bertz CT molecular complexity index is 1090. The van der Waals surface area contributed by atoms with E-state index in [0.29, 0.717) is 18.3 Å². The Kier molecular flexibility index (Phi) is 7.75. The number of anilines is 1. The summed E-state index contributed by atoms with van der Waals surface area (Å²) < 4.78 is 0. The minimum Gasteiger partial charge on any atom is -0.368 e. The number of benzene rings is 2. The monoisotopic (exact) mass is 460 g/mol. The third kappa shape index (κ3) is 5.90. The Morgan fingerprint density at radius 3 is 2.26 bits per heavy atom. The molecule has 7 nitrogen and oxygen atoms in total. The Morgan fingerprint density at radius 1 is 0.941 bits per heavy atom. The van der Waals surface area contributed by atoms with Crippen LogP contribution in [0.4, 0.5) is 5.82 Å². The molecule has 34 heavy (non-hydrogen) atoms. The van der Waals surface area contributed by atoms with Crippen LogP contribution in [0.2, 0.25) is 0 Å². The molecule has 0 spiro atoms. The number of nitrogens with zero attached hydrogens (tertiary/aromatic N) is 4. The number of carbonyl (C=O) groups excluding carboxylic acids is 1. The molecule has 1 fully saturated rings. The van der Waals surface area contributed by atoms with Gasteiger partial charge in [0.1, 0.15) is 17.7 Å². The molecule has 1 aromatic heterocycles. The lowest BCUT2D eigenvalue weighted by Gasteiger charge is -2.35. The highest BCUT2D eigenvalue weighted by Gasteiger charge is 2.23. The molecular weight excluding hydrogens is 424 g/mol. The summed E-state index contributed by atoms with van der Waals surface area (Å²) in [4.78, 5) is 26.6. The lowest BCUT2D eigenvalue weighted by atomic mass is 10.0. The van der Waals surface area contributed by atoms with Gasteiger partial charge in [0.05, 0.1) is 12.1 Å². The van der Waals surface area contributed by atoms with E-state index in [1.54, 1.807) is 0 Å². The van der Waals surface area contributed by atoms with Crippen LogP contribution < -0.4 is 11.1 Å². The highest BCUT2D eigenvalue weighted by molar-refractivity contribution is 5.91. The van der Waals surface area contributed by atoms with E-state index in [0.717, 1.165) is 49.5 Å². The summed E-state index contributed by atoms with van der Waals surface area (Å²) in [5, 5.41) is 4.19. The predicted octanol–water partition coefficient (Wildman–Crippen LogP) is 3.47. The van der Waals surface area contributed by atoms with Crippen molar-refractivity contribution in [3.05, 3.63) is 66.0 Å². The summed E-state index contributed by atoms with van der Waals surface area (Å²) in [6.45, 7) is 12.0. The number of hydrogen-bond acceptors (Lipinski definition) is 6. The van der Waals surface area contributed by atoms with Crippen LogP contribution in [0, 0.1) is 5.92 Å². The van der Waals surface area contributed by atoms with Crippen LogP contribution in [-0.4, -0.2) is 64.4 Å². The van der Waals surface area contributed by atoms with Crippen LogP contribution in [0.5, 0.6) is 0 Å². The first-order valence-electron chi connectivity index (χ1n) is 12.2. The number of rotatable bonds is 9. The summed E-state index contributed by atoms with van der Waals surface area (Å²) >= 11 is 0. The molecule has 1 aliphatic heterocycles. The number of fused-ring (bicyclic) bond motifs is 1. The Labute approximate surface area is 202 Å². The van der Waals surface area contributed by atoms with Gasteiger partial charge >= 0.3 is 0 Å². The van der Waals surface area contributed by atoms with Gasteiger partial charge in [0, 0.05) is 38.1 Å². The molecule has 2 atom stereocenters. The zero-order valence-electron chi connectivity index (χ0n) is 20.4. The van der Waals surface area contributed by atoms with Gasteiger partial charge in [0.25, 0.3) is 0 Å². The first-order chi connectivity index (χ1) is 16.4. The molecule has 1 aliphatic rings. The average molecular weight is 461 g/mol. The maximum atomic E-state index is 12.0. The first-order valence-corrected chi connectivity index (χ1v) is 12.2. The van der Waals surface area contributed by atoms with E-state index < -0.39 is 6.04 Å². The third-order valence-corrected chi connectivity index (χ3v) is 6.65. The number of hydrogen-bond donors (Lipinski definition) is 2. The third-order valence-electron chi connectivity index (χ3n) is 6.65. The molecular formula is C27H36N6O. The SMILES string of the molecule is CC(CN1CCN(Cc2nc(N[C@H](C(N)=O)C(C)C)c3ccccc3n2)CC1)c1ccccc1. The molecule has 180 valence electrons. The summed E-state index contributed by atoms with van der Waals surface area (Å²) in [6.07, 6.45) is 0. The van der Waals surface area contributed by atoms with Gasteiger partial charge in [0.15, 0.2) is 0 Å². The fourth-order valence-electron chi connectivity index (χ4n) is 4.62. The van der Waals surface area contributed by atoms with E-state index in [2.05, 4.69) is 52.4 Å². The van der Waals surface area contributed by atoms with Crippen LogP contribution in [0.25, 0.3) is 10.9 Å². The number of nitrogens with two attached hydrogens (primary N) is 1. The topological polar surface area (TPSA) is 87.4 Å². The highest BCUT2D eigenvalue weighted by Crippen LogP contribution is 2.23. The largest absolute Gasteiger partial charge is 0.368 e. The number of aromatic nitrogens is 2. The molecule has 3 N–H and O–H groups in total. The van der Waals surface area contributed by atoms with Gasteiger partial charge in [0.2, 0.25) is 5.91 Å². The van der Waals surface area contributed by atoms with Crippen molar-refractivity contribution in [2.45, 2.75) is 39.3 Å². The van der Waals surface area contributed by atoms with Crippen LogP contribution in [0.3, 0.4) is 0 Å². The summed E-state index contributed by atoms with van der Waals surface area (Å²) in [5.41, 5.74) is 7.91. The van der Waals surface area contributed by atoms with E-state index in [1.807, 2.05) is 38.1 Å². The first kappa shape index (κ1) is 24.1. The van der Waals surface area contributed by atoms with Gasteiger partial charge in [-0.25, -0.2) is 9.97 Å². The Balaban J connectivity index is 1.42. The lowest BCUT2D eigenvalue weighted by Crippen LogP contribution is -2.47. The predicted molar refractivity (Wildman–Crippen MR) is 138 cm³/mol. The zero-order valence-corrected chi connectivity index (χ0v) is 20.4. The maximum absolute atomic E-state index is 12.0. The molecule has 0 aliphatic carbocycles. The van der Waals surface area contributed by atoms with Crippen molar-refractivity contribution in [3.63, 3.8) is 0 Å². The number of amides is 1. The molecule has 1 unspecified atom stereocenters. The molecule has 1 amide bonds.